The van der Waals surface area contributed by atoms with Crippen LogP contribution in [0.2, 0.25) is 0 Å². The van der Waals surface area contributed by atoms with Crippen molar-refractivity contribution in [3.8, 4) is 0 Å². The van der Waals surface area contributed by atoms with Crippen LogP contribution in [0.4, 0.5) is 0 Å². The van der Waals surface area contributed by atoms with Gasteiger partial charge in [-0.1, -0.05) is 41.0 Å². The molecule has 0 heterocycles. The molecule has 14 heavy (non-hydrogen) atoms. The normalized spacial score (nSPS) is 21.0. The zero-order valence-corrected chi connectivity index (χ0v) is 10.6. The summed E-state index contributed by atoms with van der Waals surface area (Å²) in [5.41, 5.74) is 0.403. The first-order chi connectivity index (χ1) is 6.39. The van der Waals surface area contributed by atoms with Gasteiger partial charge in [0, 0.05) is 12.1 Å². The molecule has 1 fully saturated rings. The van der Waals surface area contributed by atoms with E-state index in [0.717, 1.165) is 12.0 Å². The third-order valence-corrected chi connectivity index (χ3v) is 3.29. The molecule has 0 aromatic carbocycles. The summed E-state index contributed by atoms with van der Waals surface area (Å²) in [6.07, 6.45) is 5.52. The Morgan fingerprint density at radius 1 is 1.21 bits per heavy atom. The van der Waals surface area contributed by atoms with Gasteiger partial charge in [0.2, 0.25) is 0 Å². The molecule has 1 heteroatoms. The predicted molar refractivity (Wildman–Crippen MR) is 63.5 cm³/mol. The van der Waals surface area contributed by atoms with Crippen LogP contribution in [0, 0.1) is 11.3 Å². The van der Waals surface area contributed by atoms with E-state index in [-0.39, 0.29) is 0 Å². The third-order valence-electron chi connectivity index (χ3n) is 3.29. The maximum atomic E-state index is 3.82. The Morgan fingerprint density at radius 2 is 1.79 bits per heavy atom. The van der Waals surface area contributed by atoms with Crippen molar-refractivity contribution in [2.75, 3.05) is 0 Å². The van der Waals surface area contributed by atoms with Crippen LogP contribution in [-0.4, -0.2) is 12.1 Å². The smallest absolute Gasteiger partial charge is 0.0121 e. The topological polar surface area (TPSA) is 12.0 Å². The number of rotatable bonds is 4. The molecule has 1 unspecified atom stereocenters. The van der Waals surface area contributed by atoms with Crippen LogP contribution >= 0.6 is 0 Å². The highest BCUT2D eigenvalue weighted by Gasteiger charge is 2.29. The van der Waals surface area contributed by atoms with Crippen molar-refractivity contribution in [1.82, 2.24) is 5.32 Å². The van der Waals surface area contributed by atoms with E-state index in [9.17, 15) is 0 Å². The minimum absolute atomic E-state index is 0.403. The van der Waals surface area contributed by atoms with Crippen molar-refractivity contribution in [1.29, 1.82) is 0 Å². The Kier molecular flexibility index (Phi) is 4.00. The molecule has 1 nitrogen and oxygen atoms in total. The first kappa shape index (κ1) is 12.0. The van der Waals surface area contributed by atoms with Gasteiger partial charge in [-0.3, -0.25) is 0 Å². The lowest BCUT2D eigenvalue weighted by Crippen LogP contribution is -2.49. The second-order valence-corrected chi connectivity index (χ2v) is 6.34. The molecule has 0 aliphatic heterocycles. The van der Waals surface area contributed by atoms with Gasteiger partial charge in [-0.25, -0.2) is 0 Å². The average molecular weight is 197 g/mol. The van der Waals surface area contributed by atoms with E-state index in [2.05, 4.69) is 39.9 Å². The highest BCUT2D eigenvalue weighted by atomic mass is 15.0. The molecule has 0 saturated heterocycles. The van der Waals surface area contributed by atoms with E-state index < -0.39 is 0 Å². The molecule has 0 spiro atoms. The fraction of sp³-hybridized carbons (Fsp3) is 1.00. The SMILES string of the molecule is CC(C)CC(NC1CCC1)C(C)(C)C. The molecular weight excluding hydrogens is 170 g/mol. The van der Waals surface area contributed by atoms with Crippen molar-refractivity contribution in [2.24, 2.45) is 11.3 Å². The number of hydrogen-bond acceptors (Lipinski definition) is 1. The minimum atomic E-state index is 0.403. The van der Waals surface area contributed by atoms with Crippen LogP contribution in [0.5, 0.6) is 0 Å². The van der Waals surface area contributed by atoms with E-state index in [1.807, 2.05) is 0 Å². The third kappa shape index (κ3) is 3.61. The number of nitrogens with one attached hydrogen (secondary N) is 1. The van der Waals surface area contributed by atoms with Gasteiger partial charge >= 0.3 is 0 Å². The van der Waals surface area contributed by atoms with Gasteiger partial charge in [0.1, 0.15) is 0 Å². The average Bonchev–Trinajstić information content (AvgIpc) is 1.90. The lowest BCUT2D eigenvalue weighted by Gasteiger charge is -2.39. The molecule has 1 atom stereocenters. The highest BCUT2D eigenvalue weighted by Crippen LogP contribution is 2.28. The molecule has 0 amide bonds. The van der Waals surface area contributed by atoms with E-state index in [0.29, 0.717) is 11.5 Å². The van der Waals surface area contributed by atoms with Gasteiger partial charge in [-0.05, 0) is 30.6 Å². The van der Waals surface area contributed by atoms with Crippen molar-refractivity contribution in [2.45, 2.75) is 72.4 Å². The summed E-state index contributed by atoms with van der Waals surface area (Å²) >= 11 is 0. The molecule has 1 N–H and O–H groups in total. The summed E-state index contributed by atoms with van der Waals surface area (Å²) < 4.78 is 0. The zero-order chi connectivity index (χ0) is 10.8. The Bertz CT molecular complexity index is 163. The molecule has 0 aromatic rings. The Balaban J connectivity index is 2.43. The molecule has 1 rings (SSSR count). The highest BCUT2D eigenvalue weighted by molar-refractivity contribution is 4.87. The van der Waals surface area contributed by atoms with Crippen molar-refractivity contribution in [3.63, 3.8) is 0 Å². The van der Waals surface area contributed by atoms with Gasteiger partial charge in [-0.15, -0.1) is 0 Å². The molecule has 84 valence electrons. The molecule has 0 aromatic heterocycles. The van der Waals surface area contributed by atoms with E-state index in [4.69, 9.17) is 0 Å². The van der Waals surface area contributed by atoms with Crippen molar-refractivity contribution in [3.05, 3.63) is 0 Å². The maximum absolute atomic E-state index is 3.82. The molecule has 1 aliphatic carbocycles. The standard InChI is InChI=1S/C13H27N/c1-10(2)9-12(13(3,4)5)14-11-7-6-8-11/h10-12,14H,6-9H2,1-5H3. The van der Waals surface area contributed by atoms with Gasteiger partial charge in [-0.2, -0.15) is 0 Å². The Morgan fingerprint density at radius 3 is 2.07 bits per heavy atom. The molecule has 0 bridgehead atoms. The first-order valence-corrected chi connectivity index (χ1v) is 6.15. The fourth-order valence-electron chi connectivity index (χ4n) is 2.00. The fourth-order valence-corrected chi connectivity index (χ4v) is 2.00. The quantitative estimate of drug-likeness (QED) is 0.726. The van der Waals surface area contributed by atoms with Crippen molar-refractivity contribution >= 4 is 0 Å². The van der Waals surface area contributed by atoms with Crippen LogP contribution in [0.1, 0.15) is 60.3 Å². The molecule has 1 saturated carbocycles. The van der Waals surface area contributed by atoms with Crippen molar-refractivity contribution < 1.29 is 0 Å². The minimum Gasteiger partial charge on any atom is -0.311 e. The van der Waals surface area contributed by atoms with Crippen LogP contribution in [0.25, 0.3) is 0 Å². The summed E-state index contributed by atoms with van der Waals surface area (Å²) in [6, 6.07) is 1.51. The van der Waals surface area contributed by atoms with E-state index in [1.54, 1.807) is 0 Å². The molecular formula is C13H27N. The summed E-state index contributed by atoms with van der Waals surface area (Å²) in [6.45, 7) is 11.7. The second kappa shape index (κ2) is 4.65. The van der Waals surface area contributed by atoms with Gasteiger partial charge < -0.3 is 5.32 Å². The maximum Gasteiger partial charge on any atom is 0.0121 e. The van der Waals surface area contributed by atoms with Crippen LogP contribution in [0.15, 0.2) is 0 Å². The second-order valence-electron chi connectivity index (χ2n) is 6.34. The van der Waals surface area contributed by atoms with Gasteiger partial charge in [0.15, 0.2) is 0 Å². The van der Waals surface area contributed by atoms with E-state index in [1.165, 1.54) is 25.7 Å². The van der Waals surface area contributed by atoms with Gasteiger partial charge in [0.05, 0.1) is 0 Å². The van der Waals surface area contributed by atoms with Crippen LogP contribution in [0.3, 0.4) is 0 Å². The predicted octanol–water partition coefficient (Wildman–Crippen LogP) is 3.59. The van der Waals surface area contributed by atoms with Crippen LogP contribution in [-0.2, 0) is 0 Å². The Hall–Kier alpha value is -0.0400. The van der Waals surface area contributed by atoms with Crippen LogP contribution < -0.4 is 5.32 Å². The number of hydrogen-bond donors (Lipinski definition) is 1. The summed E-state index contributed by atoms with van der Waals surface area (Å²) in [5.74, 6) is 0.798. The lowest BCUT2D eigenvalue weighted by atomic mass is 9.80. The summed E-state index contributed by atoms with van der Waals surface area (Å²) in [7, 11) is 0. The van der Waals surface area contributed by atoms with E-state index >= 15 is 0 Å². The zero-order valence-electron chi connectivity index (χ0n) is 10.6. The largest absolute Gasteiger partial charge is 0.311 e. The lowest BCUT2D eigenvalue weighted by molar-refractivity contribution is 0.184. The molecule has 0 radical (unpaired) electrons. The summed E-state index contributed by atoms with van der Waals surface area (Å²) in [4.78, 5) is 0. The monoisotopic (exact) mass is 197 g/mol. The summed E-state index contributed by atoms with van der Waals surface area (Å²) in [5, 5.41) is 3.82. The first-order valence-electron chi connectivity index (χ1n) is 6.15. The Labute approximate surface area is 89.7 Å². The molecule has 1 aliphatic rings. The van der Waals surface area contributed by atoms with Gasteiger partial charge in [0.25, 0.3) is 0 Å².